The molecule has 0 spiro atoms. The molecular weight excluding hydrogens is 645 g/mol. The van der Waals surface area contributed by atoms with Gasteiger partial charge < -0.3 is 19.9 Å². The number of benzene rings is 2. The fraction of sp³-hybridized carbons (Fsp3) is 0.425. The summed E-state index contributed by atoms with van der Waals surface area (Å²) in [6, 6.07) is 19.1. The Kier molecular flexibility index (Phi) is 10.9. The van der Waals surface area contributed by atoms with E-state index in [4.69, 9.17) is 4.74 Å². The lowest BCUT2D eigenvalue weighted by molar-refractivity contribution is 0.0926. The van der Waals surface area contributed by atoms with Crippen molar-refractivity contribution in [3.63, 3.8) is 0 Å². The third-order valence-corrected chi connectivity index (χ3v) is 10.2. The number of pyridine rings is 1. The van der Waals surface area contributed by atoms with Crippen LogP contribution in [0.15, 0.2) is 71.9 Å². The highest BCUT2D eigenvalue weighted by molar-refractivity contribution is 6.03. The number of ether oxygens (including phenoxy) is 1. The number of halogens is 1. The van der Waals surface area contributed by atoms with E-state index >= 15 is 0 Å². The van der Waals surface area contributed by atoms with E-state index < -0.39 is 11.7 Å². The van der Waals surface area contributed by atoms with E-state index in [2.05, 4.69) is 61.5 Å². The van der Waals surface area contributed by atoms with Crippen LogP contribution in [0, 0.1) is 5.82 Å². The Morgan fingerprint density at radius 2 is 1.76 bits per heavy atom. The van der Waals surface area contributed by atoms with Gasteiger partial charge in [0, 0.05) is 43.6 Å². The molecule has 0 radical (unpaired) electrons. The summed E-state index contributed by atoms with van der Waals surface area (Å²) in [5.41, 5.74) is 5.64. The average Bonchev–Trinajstić information content (AvgIpc) is 3.48. The van der Waals surface area contributed by atoms with Crippen LogP contribution in [0.25, 0.3) is 11.1 Å². The predicted molar refractivity (Wildman–Crippen MR) is 195 cm³/mol. The third-order valence-electron chi connectivity index (χ3n) is 10.2. The molecule has 11 heteroatoms. The van der Waals surface area contributed by atoms with Crippen LogP contribution in [-0.4, -0.2) is 87.9 Å². The second-order valence-corrected chi connectivity index (χ2v) is 14.0. The molecule has 2 fully saturated rings. The maximum absolute atomic E-state index is 14.4. The Balaban J connectivity index is 0.946. The third kappa shape index (κ3) is 8.95. The fourth-order valence-corrected chi connectivity index (χ4v) is 7.19. The molecule has 1 saturated heterocycles. The number of amides is 2. The van der Waals surface area contributed by atoms with Gasteiger partial charge in [0.25, 0.3) is 11.8 Å². The summed E-state index contributed by atoms with van der Waals surface area (Å²) in [6.07, 6.45) is 8.80. The minimum absolute atomic E-state index is 0.0270. The lowest BCUT2D eigenvalue weighted by Gasteiger charge is -2.24. The van der Waals surface area contributed by atoms with E-state index in [1.54, 1.807) is 6.07 Å². The van der Waals surface area contributed by atoms with Crippen LogP contribution in [-0.2, 0) is 19.4 Å². The molecule has 51 heavy (non-hydrogen) atoms. The van der Waals surface area contributed by atoms with Crippen molar-refractivity contribution in [3.8, 4) is 22.8 Å². The van der Waals surface area contributed by atoms with Gasteiger partial charge in [-0.3, -0.25) is 14.3 Å². The van der Waals surface area contributed by atoms with Crippen molar-refractivity contribution in [2.75, 3.05) is 39.8 Å². The van der Waals surface area contributed by atoms with Crippen molar-refractivity contribution in [2.24, 2.45) is 4.99 Å². The number of aryl methyl sites for hydroxylation is 2. The lowest BCUT2D eigenvalue weighted by Crippen LogP contribution is -2.38. The van der Waals surface area contributed by atoms with Gasteiger partial charge in [0.15, 0.2) is 5.69 Å². The monoisotopic (exact) mass is 691 g/mol. The number of carbonyl (C=O) groups is 2. The van der Waals surface area contributed by atoms with Gasteiger partial charge in [0.05, 0.1) is 6.20 Å². The Morgan fingerprint density at radius 1 is 0.922 bits per heavy atom. The van der Waals surface area contributed by atoms with E-state index in [-0.39, 0.29) is 23.4 Å². The van der Waals surface area contributed by atoms with Crippen molar-refractivity contribution in [2.45, 2.75) is 70.4 Å². The van der Waals surface area contributed by atoms with Gasteiger partial charge in [0.2, 0.25) is 5.88 Å². The highest BCUT2D eigenvalue weighted by atomic mass is 19.1. The van der Waals surface area contributed by atoms with Gasteiger partial charge in [-0.05, 0) is 119 Å². The summed E-state index contributed by atoms with van der Waals surface area (Å²) in [5, 5.41) is 7.47. The fourth-order valence-electron chi connectivity index (χ4n) is 7.19. The number of nitrogens with zero attached hydrogens (tertiary/aromatic N) is 6. The molecule has 2 amide bonds. The molecule has 0 bridgehead atoms. The van der Waals surface area contributed by atoms with Gasteiger partial charge in [-0.25, -0.2) is 14.4 Å². The zero-order valence-electron chi connectivity index (χ0n) is 29.3. The van der Waals surface area contributed by atoms with Crippen LogP contribution in [0.3, 0.4) is 0 Å². The SMILES string of the molecule is CN1CCCN(CCc2ccc(-c3cccc(Oc4ncc(F)cc4C(=O)NC4CCC(=NC(=O)c5cc6n(n5)CCCC6)CC4)c3)cc2)CC1. The summed E-state index contributed by atoms with van der Waals surface area (Å²) in [5.74, 6) is -0.858. The first-order valence-electron chi connectivity index (χ1n) is 18.3. The largest absolute Gasteiger partial charge is 0.438 e. The zero-order valence-corrected chi connectivity index (χ0v) is 29.3. The standard InChI is InChI=1S/C40H46FN7O3/c1-46-18-5-19-47(23-22-46)21-17-28-9-11-29(12-10-28)30-6-4-8-35(24-30)51-40-36(25-31(41)27-42-40)38(49)43-32-13-15-33(16-14-32)44-39(50)37-26-34-7-2-3-20-48(34)45-37/h4,6,8-12,24-27,32H,2-3,5,7,13-23H2,1H3,(H,43,49). The summed E-state index contributed by atoms with van der Waals surface area (Å²) in [4.78, 5) is 39.7. The van der Waals surface area contributed by atoms with Gasteiger partial charge in [-0.1, -0.05) is 36.4 Å². The number of hydrogen-bond donors (Lipinski definition) is 1. The van der Waals surface area contributed by atoms with Crippen LogP contribution in [0.5, 0.6) is 11.6 Å². The van der Waals surface area contributed by atoms with Crippen LogP contribution >= 0.6 is 0 Å². The first kappa shape index (κ1) is 34.7. The van der Waals surface area contributed by atoms with Gasteiger partial charge in [0.1, 0.15) is 17.1 Å². The van der Waals surface area contributed by atoms with Crippen LogP contribution in [0.4, 0.5) is 4.39 Å². The first-order chi connectivity index (χ1) is 24.9. The quantitative estimate of drug-likeness (QED) is 0.218. The van der Waals surface area contributed by atoms with Crippen molar-refractivity contribution in [1.29, 1.82) is 0 Å². The number of aromatic nitrogens is 3. The van der Waals surface area contributed by atoms with Gasteiger partial charge >= 0.3 is 0 Å². The second-order valence-electron chi connectivity index (χ2n) is 14.0. The second kappa shape index (κ2) is 16.1. The lowest BCUT2D eigenvalue weighted by atomic mass is 9.93. The topological polar surface area (TPSA) is 105 Å². The Morgan fingerprint density at radius 3 is 2.59 bits per heavy atom. The molecule has 0 unspecified atom stereocenters. The van der Waals surface area contributed by atoms with Crippen molar-refractivity contribution in [1.82, 2.24) is 29.9 Å². The molecule has 2 aromatic heterocycles. The molecule has 3 aliphatic rings. The molecule has 4 aromatic rings. The van der Waals surface area contributed by atoms with Crippen LogP contribution in [0.1, 0.15) is 77.0 Å². The minimum atomic E-state index is -0.623. The molecule has 2 aromatic carbocycles. The Labute approximate surface area is 298 Å². The zero-order chi connectivity index (χ0) is 35.2. The minimum Gasteiger partial charge on any atom is -0.438 e. The molecule has 7 rings (SSSR count). The van der Waals surface area contributed by atoms with Crippen molar-refractivity contribution < 1.29 is 18.7 Å². The summed E-state index contributed by atoms with van der Waals surface area (Å²) in [7, 11) is 2.19. The summed E-state index contributed by atoms with van der Waals surface area (Å²) >= 11 is 0. The summed E-state index contributed by atoms with van der Waals surface area (Å²) < 4.78 is 22.4. The molecule has 266 valence electrons. The number of rotatable bonds is 9. The molecule has 10 nitrogen and oxygen atoms in total. The molecule has 2 aliphatic heterocycles. The van der Waals surface area contributed by atoms with Crippen molar-refractivity contribution in [3.05, 3.63) is 95.2 Å². The number of carbonyl (C=O) groups excluding carboxylic acids is 2. The van der Waals surface area contributed by atoms with E-state index in [0.717, 1.165) is 99.7 Å². The van der Waals surface area contributed by atoms with Gasteiger partial charge in [-0.15, -0.1) is 0 Å². The van der Waals surface area contributed by atoms with E-state index in [9.17, 15) is 14.0 Å². The van der Waals surface area contributed by atoms with Crippen molar-refractivity contribution >= 4 is 17.5 Å². The summed E-state index contributed by atoms with van der Waals surface area (Å²) in [6.45, 7) is 6.44. The number of likely N-dealkylation sites (N-methyl/N-ethyl adjacent to an activating group) is 1. The maximum Gasteiger partial charge on any atom is 0.297 e. The molecule has 4 heterocycles. The van der Waals surface area contributed by atoms with Crippen LogP contribution in [0.2, 0.25) is 0 Å². The van der Waals surface area contributed by atoms with E-state index in [1.165, 1.54) is 12.0 Å². The number of fused-ring (bicyclic) bond motifs is 1. The molecule has 0 atom stereocenters. The number of hydrogen-bond acceptors (Lipinski definition) is 7. The highest BCUT2D eigenvalue weighted by Gasteiger charge is 2.25. The van der Waals surface area contributed by atoms with Gasteiger partial charge in [-0.2, -0.15) is 5.10 Å². The maximum atomic E-state index is 14.4. The smallest absolute Gasteiger partial charge is 0.297 e. The molecule has 1 N–H and O–H groups in total. The first-order valence-corrected chi connectivity index (χ1v) is 18.3. The number of aliphatic imine (C=N–C) groups is 1. The Bertz CT molecular complexity index is 1860. The number of nitrogens with one attached hydrogen (secondary N) is 1. The van der Waals surface area contributed by atoms with E-state index in [0.29, 0.717) is 37.1 Å². The normalized spacial score (nSPS) is 18.5. The highest BCUT2D eigenvalue weighted by Crippen LogP contribution is 2.29. The Hall–Kier alpha value is -4.74. The average molecular weight is 692 g/mol. The van der Waals surface area contributed by atoms with Crippen LogP contribution < -0.4 is 10.1 Å². The predicted octanol–water partition coefficient (Wildman–Crippen LogP) is 6.35. The van der Waals surface area contributed by atoms with E-state index in [1.807, 2.05) is 28.9 Å². The molecule has 1 aliphatic carbocycles. The molecule has 1 saturated carbocycles. The molecular formula is C40H46FN7O3.